The Bertz CT molecular complexity index is 1190. The van der Waals surface area contributed by atoms with E-state index in [1.165, 1.54) is 11.3 Å². The second-order valence-corrected chi connectivity index (χ2v) is 8.01. The number of halogens is 1. The van der Waals surface area contributed by atoms with Gasteiger partial charge >= 0.3 is 0 Å². The van der Waals surface area contributed by atoms with E-state index >= 15 is 0 Å². The highest BCUT2D eigenvalue weighted by Gasteiger charge is 2.11. The first-order chi connectivity index (χ1) is 14.2. The molecule has 146 valence electrons. The third-order valence-corrected chi connectivity index (χ3v) is 5.80. The lowest BCUT2D eigenvalue weighted by molar-refractivity contribution is -0.115. The summed E-state index contributed by atoms with van der Waals surface area (Å²) in [6.07, 6.45) is 5.17. The van der Waals surface area contributed by atoms with Gasteiger partial charge in [-0.25, -0.2) is 0 Å². The SMILES string of the molecule is O=C(CSc1nnc(-c2ccncc2)o1)N=c1sccn1Cc1ccccc1Cl. The number of carbonyl (C=O) groups excluding carboxylic acids is 1. The Morgan fingerprint density at radius 2 is 2.03 bits per heavy atom. The molecule has 0 aliphatic heterocycles. The number of nitrogens with zero attached hydrogens (tertiary/aromatic N) is 5. The van der Waals surface area contributed by atoms with Gasteiger partial charge in [-0.2, -0.15) is 4.99 Å². The van der Waals surface area contributed by atoms with Gasteiger partial charge in [0, 0.05) is 34.6 Å². The number of carbonyl (C=O) groups is 1. The van der Waals surface area contributed by atoms with Crippen LogP contribution in [-0.2, 0) is 11.3 Å². The van der Waals surface area contributed by atoms with Crippen LogP contribution >= 0.6 is 34.7 Å². The van der Waals surface area contributed by atoms with Crippen molar-refractivity contribution in [2.75, 3.05) is 5.75 Å². The molecule has 0 aliphatic carbocycles. The molecule has 3 heterocycles. The van der Waals surface area contributed by atoms with Crippen molar-refractivity contribution in [3.8, 4) is 11.5 Å². The lowest BCUT2D eigenvalue weighted by Crippen LogP contribution is -2.17. The third-order valence-electron chi connectivity index (χ3n) is 3.83. The summed E-state index contributed by atoms with van der Waals surface area (Å²) in [5.41, 5.74) is 1.74. The van der Waals surface area contributed by atoms with Crippen molar-refractivity contribution in [1.82, 2.24) is 19.7 Å². The fourth-order valence-electron chi connectivity index (χ4n) is 2.46. The minimum absolute atomic E-state index is 0.0992. The Balaban J connectivity index is 1.42. The summed E-state index contributed by atoms with van der Waals surface area (Å²) in [5, 5.41) is 10.8. The van der Waals surface area contributed by atoms with Crippen LogP contribution in [0.2, 0.25) is 5.02 Å². The fourth-order valence-corrected chi connectivity index (χ4v) is 3.95. The first-order valence-electron chi connectivity index (χ1n) is 8.50. The fraction of sp³-hybridized carbons (Fsp3) is 0.105. The number of amides is 1. The van der Waals surface area contributed by atoms with Crippen LogP contribution in [0.15, 0.2) is 75.0 Å². The van der Waals surface area contributed by atoms with Crippen LogP contribution < -0.4 is 4.80 Å². The van der Waals surface area contributed by atoms with Gasteiger partial charge in [0.15, 0.2) is 4.80 Å². The van der Waals surface area contributed by atoms with Crippen LogP contribution in [-0.4, -0.2) is 31.4 Å². The Morgan fingerprint density at radius 3 is 2.86 bits per heavy atom. The van der Waals surface area contributed by atoms with Gasteiger partial charge in [-0.1, -0.05) is 41.6 Å². The molecule has 29 heavy (non-hydrogen) atoms. The highest BCUT2D eigenvalue weighted by atomic mass is 35.5. The number of thioether (sulfide) groups is 1. The summed E-state index contributed by atoms with van der Waals surface area (Å²) in [7, 11) is 0. The lowest BCUT2D eigenvalue weighted by atomic mass is 10.2. The van der Waals surface area contributed by atoms with Gasteiger partial charge in [0.05, 0.1) is 12.3 Å². The molecule has 4 aromatic rings. The van der Waals surface area contributed by atoms with Crippen LogP contribution in [0.1, 0.15) is 5.56 Å². The standard InChI is InChI=1S/C19H14ClN5O2S2/c20-15-4-2-1-3-14(15)11-25-9-10-28-18(25)22-16(26)12-29-19-24-23-17(27-19)13-5-7-21-8-6-13/h1-10H,11-12H2. The molecule has 4 rings (SSSR count). The molecular formula is C19H14ClN5O2S2. The molecule has 0 bridgehead atoms. The van der Waals surface area contributed by atoms with Gasteiger partial charge in [-0.05, 0) is 23.8 Å². The first kappa shape index (κ1) is 19.6. The Kier molecular flexibility index (Phi) is 6.18. The molecular weight excluding hydrogens is 430 g/mol. The monoisotopic (exact) mass is 443 g/mol. The maximum Gasteiger partial charge on any atom is 0.277 e. The third kappa shape index (κ3) is 5.00. The highest BCUT2D eigenvalue weighted by Crippen LogP contribution is 2.22. The summed E-state index contributed by atoms with van der Waals surface area (Å²) in [5.74, 6) is 0.200. The number of hydrogen-bond acceptors (Lipinski definition) is 7. The molecule has 0 aliphatic rings. The van der Waals surface area contributed by atoms with E-state index in [0.29, 0.717) is 27.5 Å². The van der Waals surface area contributed by atoms with E-state index < -0.39 is 0 Å². The molecule has 0 saturated carbocycles. The van der Waals surface area contributed by atoms with Crippen LogP contribution in [0.25, 0.3) is 11.5 Å². The van der Waals surface area contributed by atoms with Gasteiger partial charge in [0.1, 0.15) is 0 Å². The quantitative estimate of drug-likeness (QED) is 0.420. The van der Waals surface area contributed by atoms with Crippen LogP contribution in [0.3, 0.4) is 0 Å². The normalized spacial score (nSPS) is 11.7. The summed E-state index contributed by atoms with van der Waals surface area (Å²) in [4.78, 5) is 21.1. The van der Waals surface area contributed by atoms with Crippen molar-refractivity contribution in [2.24, 2.45) is 4.99 Å². The highest BCUT2D eigenvalue weighted by molar-refractivity contribution is 7.99. The Labute approximate surface area is 179 Å². The summed E-state index contributed by atoms with van der Waals surface area (Å²) < 4.78 is 7.46. The van der Waals surface area contributed by atoms with E-state index in [4.69, 9.17) is 16.0 Å². The van der Waals surface area contributed by atoms with Crippen molar-refractivity contribution >= 4 is 40.6 Å². The molecule has 1 aromatic carbocycles. The summed E-state index contributed by atoms with van der Waals surface area (Å²) in [6, 6.07) is 11.1. The predicted octanol–water partition coefficient (Wildman–Crippen LogP) is 3.92. The second-order valence-electron chi connectivity index (χ2n) is 5.81. The largest absolute Gasteiger partial charge is 0.411 e. The Hall–Kier alpha value is -2.75. The van der Waals surface area contributed by atoms with E-state index in [2.05, 4.69) is 20.2 Å². The molecule has 0 saturated heterocycles. The van der Waals surface area contributed by atoms with Gasteiger partial charge in [0.25, 0.3) is 11.1 Å². The lowest BCUT2D eigenvalue weighted by Gasteiger charge is -2.05. The molecule has 0 atom stereocenters. The molecule has 0 unspecified atom stereocenters. The van der Waals surface area contributed by atoms with E-state index in [1.54, 1.807) is 24.5 Å². The number of hydrogen-bond donors (Lipinski definition) is 0. The van der Waals surface area contributed by atoms with Crippen molar-refractivity contribution in [2.45, 2.75) is 11.8 Å². The van der Waals surface area contributed by atoms with Gasteiger partial charge in [-0.3, -0.25) is 9.78 Å². The smallest absolute Gasteiger partial charge is 0.277 e. The van der Waals surface area contributed by atoms with Crippen molar-refractivity contribution in [3.05, 3.63) is 75.8 Å². The molecule has 3 aromatic heterocycles. The maximum atomic E-state index is 12.3. The zero-order valence-electron chi connectivity index (χ0n) is 14.9. The molecule has 0 radical (unpaired) electrons. The van der Waals surface area contributed by atoms with E-state index in [0.717, 1.165) is 22.9 Å². The van der Waals surface area contributed by atoms with E-state index in [1.807, 2.05) is 40.4 Å². The zero-order chi connectivity index (χ0) is 20.1. The number of rotatable bonds is 6. The summed E-state index contributed by atoms with van der Waals surface area (Å²) >= 11 is 8.77. The Morgan fingerprint density at radius 1 is 1.21 bits per heavy atom. The van der Waals surface area contributed by atoms with Crippen molar-refractivity contribution in [1.29, 1.82) is 0 Å². The molecule has 0 fully saturated rings. The number of thiazole rings is 1. The van der Waals surface area contributed by atoms with E-state index in [-0.39, 0.29) is 11.7 Å². The van der Waals surface area contributed by atoms with Crippen LogP contribution in [0.5, 0.6) is 0 Å². The molecule has 0 N–H and O–H groups in total. The number of aromatic nitrogens is 4. The van der Waals surface area contributed by atoms with Gasteiger partial charge < -0.3 is 8.98 Å². The maximum absolute atomic E-state index is 12.3. The second kappa shape index (κ2) is 9.17. The van der Waals surface area contributed by atoms with Crippen molar-refractivity contribution < 1.29 is 9.21 Å². The average Bonchev–Trinajstić information content (AvgIpc) is 3.39. The minimum Gasteiger partial charge on any atom is -0.411 e. The molecule has 0 spiro atoms. The molecule has 1 amide bonds. The zero-order valence-corrected chi connectivity index (χ0v) is 17.3. The first-order valence-corrected chi connectivity index (χ1v) is 10.7. The van der Waals surface area contributed by atoms with Crippen LogP contribution in [0, 0.1) is 0 Å². The molecule has 10 heteroatoms. The van der Waals surface area contributed by atoms with Crippen LogP contribution in [0.4, 0.5) is 0 Å². The van der Waals surface area contributed by atoms with Gasteiger partial charge in [0.2, 0.25) is 5.89 Å². The minimum atomic E-state index is -0.283. The van der Waals surface area contributed by atoms with Crippen molar-refractivity contribution in [3.63, 3.8) is 0 Å². The average molecular weight is 444 g/mol. The number of pyridine rings is 1. The topological polar surface area (TPSA) is 86.2 Å². The summed E-state index contributed by atoms with van der Waals surface area (Å²) in [6.45, 7) is 0.543. The van der Waals surface area contributed by atoms with Gasteiger partial charge in [-0.15, -0.1) is 21.5 Å². The van der Waals surface area contributed by atoms with E-state index in [9.17, 15) is 4.79 Å². The molecule has 7 nitrogen and oxygen atoms in total. The predicted molar refractivity (Wildman–Crippen MR) is 112 cm³/mol. The number of benzene rings is 1.